The summed E-state index contributed by atoms with van der Waals surface area (Å²) >= 11 is 0. The Bertz CT molecular complexity index is 944. The highest BCUT2D eigenvalue weighted by Gasteiger charge is 2.36. The van der Waals surface area contributed by atoms with E-state index < -0.39 is 27.4 Å². The Morgan fingerprint density at radius 2 is 1.58 bits per heavy atom. The molecule has 170 valence electrons. The first-order valence-corrected chi connectivity index (χ1v) is 12.1. The minimum atomic E-state index is -3.11. The second-order valence-electron chi connectivity index (χ2n) is 8.92. The lowest BCUT2D eigenvalue weighted by molar-refractivity contribution is -0.136. The number of carbonyl (C=O) groups excluding carboxylic acids is 3. The second kappa shape index (κ2) is 8.86. The first-order chi connectivity index (χ1) is 14.4. The third kappa shape index (κ3) is 6.19. The molecule has 1 unspecified atom stereocenters. The van der Waals surface area contributed by atoms with Crippen molar-refractivity contribution >= 4 is 33.4 Å². The van der Waals surface area contributed by atoms with Crippen molar-refractivity contribution in [2.75, 3.05) is 43.0 Å². The molecule has 0 saturated carbocycles. The zero-order chi connectivity index (χ0) is 22.8. The molecule has 1 aromatic carbocycles. The van der Waals surface area contributed by atoms with Crippen LogP contribution in [0.2, 0.25) is 0 Å². The lowest BCUT2D eigenvalue weighted by atomic mass is 10.1. The number of benzene rings is 1. The summed E-state index contributed by atoms with van der Waals surface area (Å²) in [5.74, 6) is -0.752. The number of hydrogen-bond acceptors (Lipinski definition) is 6. The molecule has 9 nitrogen and oxygen atoms in total. The Labute approximate surface area is 182 Å². The van der Waals surface area contributed by atoms with Crippen LogP contribution in [-0.2, 0) is 19.4 Å². The molecule has 1 atom stereocenters. The zero-order valence-electron chi connectivity index (χ0n) is 18.1. The number of hydrogen-bond donors (Lipinski definition) is 1. The quantitative estimate of drug-likeness (QED) is 0.749. The molecule has 2 aliphatic heterocycles. The Morgan fingerprint density at radius 1 is 1.00 bits per heavy atom. The highest BCUT2D eigenvalue weighted by Crippen LogP contribution is 2.22. The molecule has 0 spiro atoms. The van der Waals surface area contributed by atoms with E-state index in [-0.39, 0.29) is 23.3 Å². The largest absolute Gasteiger partial charge is 0.444 e. The summed E-state index contributed by atoms with van der Waals surface area (Å²) in [7, 11) is -3.11. The first kappa shape index (κ1) is 23.1. The number of amides is 3. The van der Waals surface area contributed by atoms with Gasteiger partial charge in [-0.1, -0.05) is 0 Å². The van der Waals surface area contributed by atoms with Gasteiger partial charge in [-0.3, -0.25) is 14.9 Å². The lowest BCUT2D eigenvalue weighted by Crippen LogP contribution is -2.52. The number of rotatable bonds is 3. The summed E-state index contributed by atoms with van der Waals surface area (Å²) in [4.78, 5) is 40.5. The highest BCUT2D eigenvalue weighted by molar-refractivity contribution is 7.91. The first-order valence-electron chi connectivity index (χ1n) is 10.3. The number of nitrogens with zero attached hydrogens (tertiary/aromatic N) is 2. The normalized spacial score (nSPS) is 20.9. The summed E-state index contributed by atoms with van der Waals surface area (Å²) in [5, 5.41) is 2.62. The summed E-state index contributed by atoms with van der Waals surface area (Å²) < 4.78 is 28.4. The van der Waals surface area contributed by atoms with E-state index in [1.54, 1.807) is 54.8 Å². The van der Waals surface area contributed by atoms with Gasteiger partial charge in [-0.05, 0) is 51.5 Å². The molecule has 3 rings (SSSR count). The Balaban J connectivity index is 1.51. The van der Waals surface area contributed by atoms with Gasteiger partial charge in [0.25, 0.3) is 5.91 Å². The predicted molar refractivity (Wildman–Crippen MR) is 116 cm³/mol. The zero-order valence-corrected chi connectivity index (χ0v) is 18.9. The molecule has 2 heterocycles. The van der Waals surface area contributed by atoms with E-state index in [1.165, 1.54) is 0 Å². The summed E-state index contributed by atoms with van der Waals surface area (Å²) in [6, 6.07) is 6.54. The van der Waals surface area contributed by atoms with Crippen molar-refractivity contribution in [2.24, 2.45) is 5.92 Å². The average Bonchev–Trinajstić information content (AvgIpc) is 3.06. The molecular weight excluding hydrogens is 422 g/mol. The smallest absolute Gasteiger partial charge is 0.412 e. The summed E-state index contributed by atoms with van der Waals surface area (Å²) in [6.45, 7) is 6.88. The van der Waals surface area contributed by atoms with Crippen LogP contribution >= 0.6 is 0 Å². The van der Waals surface area contributed by atoms with Crippen LogP contribution in [0.15, 0.2) is 24.3 Å². The monoisotopic (exact) mass is 451 g/mol. The predicted octanol–water partition coefficient (Wildman–Crippen LogP) is 1.75. The van der Waals surface area contributed by atoms with Crippen molar-refractivity contribution in [3.05, 3.63) is 29.8 Å². The van der Waals surface area contributed by atoms with Gasteiger partial charge in [0, 0.05) is 37.4 Å². The summed E-state index contributed by atoms with van der Waals surface area (Å²) in [5.41, 5.74) is 0.402. The number of carbonyl (C=O) groups is 3. The minimum absolute atomic E-state index is 0.0701. The molecule has 2 saturated heterocycles. The number of sulfone groups is 1. The van der Waals surface area contributed by atoms with Gasteiger partial charge in [-0.15, -0.1) is 0 Å². The Kier molecular flexibility index (Phi) is 6.59. The second-order valence-corrected chi connectivity index (χ2v) is 11.2. The summed E-state index contributed by atoms with van der Waals surface area (Å²) in [6.07, 6.45) is -0.188. The van der Waals surface area contributed by atoms with Crippen LogP contribution in [0.25, 0.3) is 0 Å². The van der Waals surface area contributed by atoms with Gasteiger partial charge in [-0.2, -0.15) is 0 Å². The molecule has 0 radical (unpaired) electrons. The molecule has 31 heavy (non-hydrogen) atoms. The van der Waals surface area contributed by atoms with E-state index in [9.17, 15) is 22.8 Å². The molecule has 0 aromatic heterocycles. The molecule has 3 amide bonds. The van der Waals surface area contributed by atoms with E-state index in [4.69, 9.17) is 4.74 Å². The van der Waals surface area contributed by atoms with Crippen LogP contribution in [-0.4, -0.2) is 79.4 Å². The van der Waals surface area contributed by atoms with E-state index in [0.717, 1.165) is 0 Å². The molecule has 0 bridgehead atoms. The maximum Gasteiger partial charge on any atom is 0.412 e. The Hall–Kier alpha value is -2.62. The maximum absolute atomic E-state index is 12.8. The minimum Gasteiger partial charge on any atom is -0.444 e. The van der Waals surface area contributed by atoms with Gasteiger partial charge in [0.2, 0.25) is 5.91 Å². The van der Waals surface area contributed by atoms with Gasteiger partial charge in [0.05, 0.1) is 17.4 Å². The van der Waals surface area contributed by atoms with E-state index >= 15 is 0 Å². The van der Waals surface area contributed by atoms with E-state index in [2.05, 4.69) is 5.32 Å². The van der Waals surface area contributed by atoms with Gasteiger partial charge in [-0.25, -0.2) is 13.2 Å². The van der Waals surface area contributed by atoms with Gasteiger partial charge < -0.3 is 14.5 Å². The van der Waals surface area contributed by atoms with Crippen molar-refractivity contribution in [1.29, 1.82) is 0 Å². The Morgan fingerprint density at radius 3 is 2.10 bits per heavy atom. The molecular formula is C21H29N3O6S. The third-order valence-corrected chi connectivity index (χ3v) is 7.01. The standard InChI is InChI=1S/C21H29N3O6S/c1-21(2,3)30-20(27)22-17-6-4-15(5-7-17)18(25)23-9-11-24(12-10-23)19(26)16-8-13-31(28,29)14-16/h4-7,16H,8-14H2,1-3H3,(H,22,27). The van der Waals surface area contributed by atoms with Crippen LogP contribution in [0.1, 0.15) is 37.6 Å². The molecule has 10 heteroatoms. The molecule has 1 aromatic rings. The maximum atomic E-state index is 12.8. The fourth-order valence-corrected chi connectivity index (χ4v) is 5.41. The van der Waals surface area contributed by atoms with Gasteiger partial charge >= 0.3 is 6.09 Å². The van der Waals surface area contributed by atoms with Crippen molar-refractivity contribution in [3.63, 3.8) is 0 Å². The fourth-order valence-electron chi connectivity index (χ4n) is 3.68. The van der Waals surface area contributed by atoms with Crippen molar-refractivity contribution in [1.82, 2.24) is 9.80 Å². The molecule has 0 aliphatic carbocycles. The number of ether oxygens (including phenoxy) is 1. The van der Waals surface area contributed by atoms with Crippen molar-refractivity contribution < 1.29 is 27.5 Å². The molecule has 1 N–H and O–H groups in total. The van der Waals surface area contributed by atoms with Crippen LogP contribution in [0.4, 0.5) is 10.5 Å². The third-order valence-electron chi connectivity index (χ3n) is 5.24. The van der Waals surface area contributed by atoms with Crippen LogP contribution < -0.4 is 5.32 Å². The lowest BCUT2D eigenvalue weighted by Gasteiger charge is -2.36. The van der Waals surface area contributed by atoms with Crippen LogP contribution in [0.5, 0.6) is 0 Å². The van der Waals surface area contributed by atoms with E-state index in [1.807, 2.05) is 0 Å². The van der Waals surface area contributed by atoms with Gasteiger partial charge in [0.15, 0.2) is 9.84 Å². The SMILES string of the molecule is CC(C)(C)OC(=O)Nc1ccc(C(=O)N2CCN(C(=O)C3CCS(=O)(=O)C3)CC2)cc1. The number of anilines is 1. The number of nitrogens with one attached hydrogen (secondary N) is 1. The van der Waals surface area contributed by atoms with Crippen LogP contribution in [0.3, 0.4) is 0 Å². The average molecular weight is 452 g/mol. The van der Waals surface area contributed by atoms with Crippen molar-refractivity contribution in [2.45, 2.75) is 32.8 Å². The highest BCUT2D eigenvalue weighted by atomic mass is 32.2. The van der Waals surface area contributed by atoms with Crippen LogP contribution in [0, 0.1) is 5.92 Å². The topological polar surface area (TPSA) is 113 Å². The van der Waals surface area contributed by atoms with Crippen molar-refractivity contribution in [3.8, 4) is 0 Å². The molecule has 2 fully saturated rings. The molecule has 2 aliphatic rings. The van der Waals surface area contributed by atoms with E-state index in [0.29, 0.717) is 43.9 Å². The fraction of sp³-hybridized carbons (Fsp3) is 0.571. The number of piperazine rings is 1. The van der Waals surface area contributed by atoms with Gasteiger partial charge in [0.1, 0.15) is 5.60 Å².